The van der Waals surface area contributed by atoms with Crippen molar-refractivity contribution in [2.24, 2.45) is 5.73 Å². The monoisotopic (exact) mass is 245 g/mol. The van der Waals surface area contributed by atoms with Gasteiger partial charge < -0.3 is 5.73 Å². The summed E-state index contributed by atoms with van der Waals surface area (Å²) in [5.74, 6) is 0. The van der Waals surface area contributed by atoms with Crippen molar-refractivity contribution >= 4 is 6.08 Å². The molecule has 3 rings (SSSR count). The third kappa shape index (κ3) is 2.66. The third-order valence-electron chi connectivity index (χ3n) is 4.35. The summed E-state index contributed by atoms with van der Waals surface area (Å²) in [5, 5.41) is 4.71. The number of hydrogen-bond donors (Lipinski definition) is 1. The molecule has 0 bridgehead atoms. The molecular formula is C15H23N3. The lowest BCUT2D eigenvalue weighted by Crippen LogP contribution is -2.23. The molecule has 0 saturated heterocycles. The number of hydrogen-bond acceptors (Lipinski definition) is 2. The normalized spacial score (nSPS) is 25.6. The van der Waals surface area contributed by atoms with Gasteiger partial charge in [0.05, 0.1) is 11.7 Å². The summed E-state index contributed by atoms with van der Waals surface area (Å²) in [6.07, 6.45) is 14.3. The lowest BCUT2D eigenvalue weighted by Gasteiger charge is -2.19. The van der Waals surface area contributed by atoms with Gasteiger partial charge in [0.15, 0.2) is 0 Å². The Morgan fingerprint density at radius 2 is 1.89 bits per heavy atom. The fourth-order valence-electron chi connectivity index (χ4n) is 3.17. The first-order chi connectivity index (χ1) is 8.81. The van der Waals surface area contributed by atoms with Gasteiger partial charge >= 0.3 is 0 Å². The highest BCUT2D eigenvalue weighted by molar-refractivity contribution is 5.48. The predicted octanol–water partition coefficient (Wildman–Crippen LogP) is 3.28. The summed E-state index contributed by atoms with van der Waals surface area (Å²) >= 11 is 0. The summed E-state index contributed by atoms with van der Waals surface area (Å²) in [6.45, 7) is 0. The van der Waals surface area contributed by atoms with Crippen LogP contribution in [0.2, 0.25) is 0 Å². The van der Waals surface area contributed by atoms with Crippen LogP contribution in [-0.2, 0) is 0 Å². The topological polar surface area (TPSA) is 43.8 Å². The Kier molecular flexibility index (Phi) is 3.50. The summed E-state index contributed by atoms with van der Waals surface area (Å²) in [7, 11) is 0. The molecule has 3 heteroatoms. The molecule has 0 unspecified atom stereocenters. The average molecular weight is 245 g/mol. The van der Waals surface area contributed by atoms with Crippen LogP contribution in [0, 0.1) is 0 Å². The lowest BCUT2D eigenvalue weighted by atomic mass is 9.91. The number of nitrogens with two attached hydrogens (primary N) is 1. The highest BCUT2D eigenvalue weighted by Gasteiger charge is 2.17. The highest BCUT2D eigenvalue weighted by atomic mass is 15.3. The van der Waals surface area contributed by atoms with Crippen LogP contribution in [0.15, 0.2) is 17.8 Å². The molecule has 1 heterocycles. The summed E-state index contributed by atoms with van der Waals surface area (Å²) in [4.78, 5) is 0. The van der Waals surface area contributed by atoms with Crippen LogP contribution in [0.25, 0.3) is 6.08 Å². The molecule has 18 heavy (non-hydrogen) atoms. The molecule has 2 aliphatic carbocycles. The average Bonchev–Trinajstić information content (AvgIpc) is 3.02. The van der Waals surface area contributed by atoms with Crippen molar-refractivity contribution in [1.29, 1.82) is 0 Å². The number of allylic oxidation sites excluding steroid dienone is 1. The highest BCUT2D eigenvalue weighted by Crippen LogP contribution is 2.29. The van der Waals surface area contributed by atoms with Gasteiger partial charge in [-0.1, -0.05) is 18.4 Å². The standard InChI is InChI=1S/C15H23N3/c16-13-7-5-12(6-8-13)11-14-9-10-18(17-14)15-3-1-2-4-15/h9-11,13,15H,1-8,16H2. The van der Waals surface area contributed by atoms with E-state index >= 15 is 0 Å². The van der Waals surface area contributed by atoms with Crippen molar-refractivity contribution in [1.82, 2.24) is 9.78 Å². The molecule has 0 aliphatic heterocycles. The van der Waals surface area contributed by atoms with Crippen molar-refractivity contribution in [3.63, 3.8) is 0 Å². The Hall–Kier alpha value is -1.09. The van der Waals surface area contributed by atoms with E-state index in [0.29, 0.717) is 12.1 Å². The van der Waals surface area contributed by atoms with E-state index in [-0.39, 0.29) is 0 Å². The Labute approximate surface area is 109 Å². The molecule has 1 aromatic rings. The van der Waals surface area contributed by atoms with Gasteiger partial charge in [0.25, 0.3) is 0 Å². The van der Waals surface area contributed by atoms with Crippen LogP contribution in [0.5, 0.6) is 0 Å². The molecular weight excluding hydrogens is 222 g/mol. The molecule has 2 N–H and O–H groups in total. The largest absolute Gasteiger partial charge is 0.328 e. The second kappa shape index (κ2) is 5.27. The van der Waals surface area contributed by atoms with E-state index in [1.165, 1.54) is 31.3 Å². The second-order valence-corrected chi connectivity index (χ2v) is 5.80. The fraction of sp³-hybridized carbons (Fsp3) is 0.667. The molecule has 2 aliphatic rings. The van der Waals surface area contributed by atoms with Crippen LogP contribution in [0.3, 0.4) is 0 Å². The summed E-state index contributed by atoms with van der Waals surface area (Å²) < 4.78 is 2.17. The van der Waals surface area contributed by atoms with Gasteiger partial charge in [0.2, 0.25) is 0 Å². The Morgan fingerprint density at radius 3 is 2.61 bits per heavy atom. The van der Waals surface area contributed by atoms with Crippen molar-refractivity contribution in [3.8, 4) is 0 Å². The first-order valence-corrected chi connectivity index (χ1v) is 7.31. The van der Waals surface area contributed by atoms with Gasteiger partial charge in [0.1, 0.15) is 0 Å². The van der Waals surface area contributed by atoms with E-state index in [2.05, 4.69) is 23.0 Å². The van der Waals surface area contributed by atoms with Gasteiger partial charge in [0, 0.05) is 12.2 Å². The van der Waals surface area contributed by atoms with Gasteiger partial charge in [-0.05, 0) is 50.7 Å². The zero-order valence-corrected chi connectivity index (χ0v) is 11.0. The van der Waals surface area contributed by atoms with Crippen LogP contribution in [0.4, 0.5) is 0 Å². The van der Waals surface area contributed by atoms with E-state index in [1.54, 1.807) is 0 Å². The number of aromatic nitrogens is 2. The van der Waals surface area contributed by atoms with E-state index in [4.69, 9.17) is 10.8 Å². The number of nitrogens with zero attached hydrogens (tertiary/aromatic N) is 2. The Bertz CT molecular complexity index is 417. The summed E-state index contributed by atoms with van der Waals surface area (Å²) in [5.41, 5.74) is 8.58. The molecule has 0 radical (unpaired) electrons. The lowest BCUT2D eigenvalue weighted by molar-refractivity contribution is 0.466. The van der Waals surface area contributed by atoms with E-state index in [1.807, 2.05) is 0 Å². The maximum Gasteiger partial charge on any atom is 0.0850 e. The van der Waals surface area contributed by atoms with Crippen molar-refractivity contribution < 1.29 is 0 Å². The minimum Gasteiger partial charge on any atom is -0.328 e. The maximum atomic E-state index is 5.93. The van der Waals surface area contributed by atoms with Crippen LogP contribution in [0.1, 0.15) is 63.1 Å². The molecule has 0 aromatic carbocycles. The molecule has 0 spiro atoms. The van der Waals surface area contributed by atoms with Crippen molar-refractivity contribution in [2.75, 3.05) is 0 Å². The summed E-state index contributed by atoms with van der Waals surface area (Å²) in [6, 6.07) is 3.22. The molecule has 98 valence electrons. The minimum absolute atomic E-state index is 0.415. The predicted molar refractivity (Wildman–Crippen MR) is 74.2 cm³/mol. The zero-order chi connectivity index (χ0) is 12.4. The van der Waals surface area contributed by atoms with Crippen LogP contribution in [-0.4, -0.2) is 15.8 Å². The van der Waals surface area contributed by atoms with E-state index in [0.717, 1.165) is 31.4 Å². The van der Waals surface area contributed by atoms with E-state index < -0.39 is 0 Å². The van der Waals surface area contributed by atoms with Crippen LogP contribution < -0.4 is 5.73 Å². The first kappa shape index (κ1) is 12.0. The van der Waals surface area contributed by atoms with Gasteiger partial charge in [-0.3, -0.25) is 4.68 Å². The SMILES string of the molecule is NC1CCC(=Cc2ccn(C3CCCC3)n2)CC1. The van der Waals surface area contributed by atoms with Crippen molar-refractivity contribution in [2.45, 2.75) is 63.5 Å². The molecule has 2 fully saturated rings. The molecule has 0 atom stereocenters. The van der Waals surface area contributed by atoms with Gasteiger partial charge in [-0.25, -0.2) is 0 Å². The quantitative estimate of drug-likeness (QED) is 0.869. The van der Waals surface area contributed by atoms with Crippen LogP contribution >= 0.6 is 0 Å². The zero-order valence-electron chi connectivity index (χ0n) is 11.0. The van der Waals surface area contributed by atoms with Crippen molar-refractivity contribution in [3.05, 3.63) is 23.5 Å². The Morgan fingerprint density at radius 1 is 1.17 bits per heavy atom. The minimum atomic E-state index is 0.415. The molecule has 2 saturated carbocycles. The first-order valence-electron chi connectivity index (χ1n) is 7.31. The molecule has 3 nitrogen and oxygen atoms in total. The maximum absolute atomic E-state index is 5.93. The molecule has 0 amide bonds. The second-order valence-electron chi connectivity index (χ2n) is 5.80. The third-order valence-corrected chi connectivity index (χ3v) is 4.35. The smallest absolute Gasteiger partial charge is 0.0850 e. The fourth-order valence-corrected chi connectivity index (χ4v) is 3.17. The molecule has 1 aromatic heterocycles. The number of rotatable bonds is 2. The van der Waals surface area contributed by atoms with Gasteiger partial charge in [-0.15, -0.1) is 0 Å². The Balaban J connectivity index is 1.67. The van der Waals surface area contributed by atoms with Gasteiger partial charge in [-0.2, -0.15) is 5.10 Å². The van der Waals surface area contributed by atoms with E-state index in [9.17, 15) is 0 Å².